The Morgan fingerprint density at radius 3 is 1.95 bits per heavy atom. The molecule has 1 rings (SSSR count). The van der Waals surface area contributed by atoms with Gasteiger partial charge >= 0.3 is 18.0 Å². The van der Waals surface area contributed by atoms with Crippen molar-refractivity contribution in [3.63, 3.8) is 0 Å². The van der Waals surface area contributed by atoms with E-state index in [4.69, 9.17) is 5.26 Å². The van der Waals surface area contributed by atoms with Gasteiger partial charge in [-0.25, -0.2) is 13.1 Å². The molecule has 0 aliphatic rings. The van der Waals surface area contributed by atoms with E-state index < -0.39 is 32.9 Å². The summed E-state index contributed by atoms with van der Waals surface area (Å²) in [6, 6.07) is 5.17. The van der Waals surface area contributed by atoms with E-state index in [-0.39, 0.29) is 5.56 Å². The van der Waals surface area contributed by atoms with Crippen molar-refractivity contribution in [1.82, 2.24) is 4.72 Å². The molecule has 1 N–H and O–H groups in total. The number of sulfonamides is 1. The zero-order valence-corrected chi connectivity index (χ0v) is 10.6. The standard InChI is InChI=1S/C10H5F5N2O3S/c11-9(12,10(13,14)15)8(18)17-21(19,20)7-3-1-6(5-16)2-4-7/h1-4H,(H,17,18). The summed E-state index contributed by atoms with van der Waals surface area (Å²) in [7, 11) is -4.92. The number of rotatable bonds is 3. The normalized spacial score (nSPS) is 12.6. The monoisotopic (exact) mass is 328 g/mol. The molecule has 5 nitrogen and oxygen atoms in total. The van der Waals surface area contributed by atoms with Crippen LogP contribution in [-0.4, -0.2) is 26.4 Å². The van der Waals surface area contributed by atoms with Gasteiger partial charge in [-0.2, -0.15) is 27.2 Å². The lowest BCUT2D eigenvalue weighted by atomic mass is 10.2. The van der Waals surface area contributed by atoms with Gasteiger partial charge in [-0.3, -0.25) is 4.79 Å². The number of halogens is 5. The number of nitriles is 1. The maximum atomic E-state index is 12.6. The summed E-state index contributed by atoms with van der Waals surface area (Å²) < 4.78 is 84.7. The van der Waals surface area contributed by atoms with Gasteiger partial charge in [0.2, 0.25) is 0 Å². The van der Waals surface area contributed by atoms with Gasteiger partial charge in [-0.1, -0.05) is 0 Å². The molecule has 1 aromatic carbocycles. The highest BCUT2D eigenvalue weighted by Gasteiger charge is 2.64. The summed E-state index contributed by atoms with van der Waals surface area (Å²) in [6.45, 7) is 0. The van der Waals surface area contributed by atoms with Gasteiger partial charge in [0.05, 0.1) is 16.5 Å². The van der Waals surface area contributed by atoms with E-state index in [1.54, 1.807) is 6.07 Å². The van der Waals surface area contributed by atoms with Crippen LogP contribution in [0.25, 0.3) is 0 Å². The lowest BCUT2D eigenvalue weighted by molar-refractivity contribution is -0.268. The largest absolute Gasteiger partial charge is 0.463 e. The molecule has 1 amide bonds. The van der Waals surface area contributed by atoms with Gasteiger partial charge in [-0.05, 0) is 24.3 Å². The fourth-order valence-corrected chi connectivity index (χ4v) is 2.07. The quantitative estimate of drug-likeness (QED) is 0.853. The molecule has 11 heteroatoms. The van der Waals surface area contributed by atoms with Crippen molar-refractivity contribution in [2.24, 2.45) is 0 Å². The molecule has 0 unspecified atom stereocenters. The number of carbonyl (C=O) groups is 1. The average molecular weight is 328 g/mol. The third kappa shape index (κ3) is 3.46. The van der Waals surface area contributed by atoms with Crippen LogP contribution in [0.4, 0.5) is 22.0 Å². The lowest BCUT2D eigenvalue weighted by Crippen LogP contribution is -2.51. The second kappa shape index (κ2) is 5.28. The van der Waals surface area contributed by atoms with Crippen LogP contribution in [0.5, 0.6) is 0 Å². The van der Waals surface area contributed by atoms with Crippen LogP contribution < -0.4 is 4.72 Å². The Balaban J connectivity index is 3.06. The number of nitrogens with one attached hydrogen (secondary N) is 1. The van der Waals surface area contributed by atoms with Gasteiger partial charge in [0.25, 0.3) is 10.0 Å². The van der Waals surface area contributed by atoms with E-state index in [9.17, 15) is 35.2 Å². The van der Waals surface area contributed by atoms with Gasteiger partial charge in [0.1, 0.15) is 0 Å². The molecule has 0 fully saturated rings. The minimum atomic E-state index is -6.22. The Morgan fingerprint density at radius 2 is 1.57 bits per heavy atom. The SMILES string of the molecule is N#Cc1ccc(S(=O)(=O)NC(=O)C(F)(F)C(F)(F)F)cc1. The molecule has 0 aromatic heterocycles. The minimum Gasteiger partial charge on any atom is -0.267 e. The molecule has 0 aliphatic carbocycles. The second-order valence-corrected chi connectivity index (χ2v) is 5.33. The zero-order chi connectivity index (χ0) is 16.5. The van der Waals surface area contributed by atoms with Gasteiger partial charge in [0.15, 0.2) is 0 Å². The molecular weight excluding hydrogens is 323 g/mol. The number of nitrogens with zero attached hydrogens (tertiary/aromatic N) is 1. The number of benzene rings is 1. The molecule has 21 heavy (non-hydrogen) atoms. The number of hydrogen-bond acceptors (Lipinski definition) is 4. The first kappa shape index (κ1) is 16.8. The van der Waals surface area contributed by atoms with Gasteiger partial charge in [-0.15, -0.1) is 0 Å². The van der Waals surface area contributed by atoms with Gasteiger partial charge in [0, 0.05) is 0 Å². The Labute approximate surface area is 115 Å². The van der Waals surface area contributed by atoms with Crippen LogP contribution in [0.15, 0.2) is 29.2 Å². The van der Waals surface area contributed by atoms with Crippen molar-refractivity contribution in [3.8, 4) is 6.07 Å². The van der Waals surface area contributed by atoms with Crippen molar-refractivity contribution < 1.29 is 35.2 Å². The molecule has 114 valence electrons. The van der Waals surface area contributed by atoms with E-state index in [2.05, 4.69) is 0 Å². The molecule has 0 bridgehead atoms. The summed E-state index contributed by atoms with van der Waals surface area (Å²) in [5.41, 5.74) is 0.0286. The van der Waals surface area contributed by atoms with Crippen molar-refractivity contribution in [3.05, 3.63) is 29.8 Å². The Kier molecular flexibility index (Phi) is 4.24. The predicted molar refractivity (Wildman–Crippen MR) is 57.5 cm³/mol. The molecule has 0 heterocycles. The Morgan fingerprint density at radius 1 is 1.10 bits per heavy atom. The Hall–Kier alpha value is -2.22. The summed E-state index contributed by atoms with van der Waals surface area (Å²) in [5, 5.41) is 8.48. The number of carbonyl (C=O) groups excluding carboxylic acids is 1. The maximum Gasteiger partial charge on any atom is 0.463 e. The smallest absolute Gasteiger partial charge is 0.267 e. The third-order valence-corrected chi connectivity index (χ3v) is 3.51. The number of hydrogen-bond donors (Lipinski definition) is 1. The van der Waals surface area contributed by atoms with Crippen molar-refractivity contribution in [2.45, 2.75) is 17.0 Å². The molecule has 0 aliphatic heterocycles. The first-order valence-corrected chi connectivity index (χ1v) is 6.42. The van der Waals surface area contributed by atoms with Crippen LogP contribution in [0.1, 0.15) is 5.56 Å². The van der Waals surface area contributed by atoms with E-state index in [1.807, 2.05) is 0 Å². The average Bonchev–Trinajstić information content (AvgIpc) is 2.37. The van der Waals surface area contributed by atoms with Crippen LogP contribution in [0.3, 0.4) is 0 Å². The second-order valence-electron chi connectivity index (χ2n) is 3.64. The number of alkyl halides is 5. The molecule has 0 radical (unpaired) electrons. The fraction of sp³-hybridized carbons (Fsp3) is 0.200. The summed E-state index contributed by atoms with van der Waals surface area (Å²) >= 11 is 0. The first-order valence-electron chi connectivity index (χ1n) is 4.94. The van der Waals surface area contributed by atoms with E-state index in [0.717, 1.165) is 24.3 Å². The summed E-state index contributed by atoms with van der Waals surface area (Å²) in [5.74, 6) is -8.87. The van der Waals surface area contributed by atoms with E-state index >= 15 is 0 Å². The van der Waals surface area contributed by atoms with Gasteiger partial charge < -0.3 is 0 Å². The summed E-state index contributed by atoms with van der Waals surface area (Å²) in [6.07, 6.45) is -6.22. The molecule has 0 saturated heterocycles. The summed E-state index contributed by atoms with van der Waals surface area (Å²) in [4.78, 5) is 10.1. The fourth-order valence-electron chi connectivity index (χ4n) is 1.08. The first-order chi connectivity index (χ1) is 9.41. The molecule has 0 spiro atoms. The van der Waals surface area contributed by atoms with Crippen molar-refractivity contribution >= 4 is 15.9 Å². The molecular formula is C10H5F5N2O3S. The van der Waals surface area contributed by atoms with E-state index in [1.165, 1.54) is 0 Å². The Bertz CT molecular complexity index is 689. The van der Waals surface area contributed by atoms with Crippen LogP contribution >= 0.6 is 0 Å². The van der Waals surface area contributed by atoms with E-state index in [0.29, 0.717) is 4.72 Å². The predicted octanol–water partition coefficient (Wildman–Crippen LogP) is 1.56. The highest BCUT2D eigenvalue weighted by molar-refractivity contribution is 7.90. The minimum absolute atomic E-state index is 0.0286. The topological polar surface area (TPSA) is 87.0 Å². The van der Waals surface area contributed by atoms with Crippen LogP contribution in [0.2, 0.25) is 0 Å². The molecule has 0 saturated carbocycles. The maximum absolute atomic E-state index is 12.6. The molecule has 1 aromatic rings. The highest BCUT2D eigenvalue weighted by Crippen LogP contribution is 2.35. The molecule has 0 atom stereocenters. The highest BCUT2D eigenvalue weighted by atomic mass is 32.2. The van der Waals surface area contributed by atoms with Crippen LogP contribution in [0, 0.1) is 11.3 Å². The van der Waals surface area contributed by atoms with Crippen molar-refractivity contribution in [2.75, 3.05) is 0 Å². The van der Waals surface area contributed by atoms with Crippen molar-refractivity contribution in [1.29, 1.82) is 5.26 Å². The lowest BCUT2D eigenvalue weighted by Gasteiger charge is -2.18. The zero-order valence-electron chi connectivity index (χ0n) is 9.78. The third-order valence-electron chi connectivity index (χ3n) is 2.16. The number of amides is 1. The van der Waals surface area contributed by atoms with Crippen LogP contribution in [-0.2, 0) is 14.8 Å².